The highest BCUT2D eigenvalue weighted by atomic mass is 16.3. The standard InChI is InChI=1S/C22H28N4O2/c1-25(2)20-17-5-3-4-6-18(17)22(21(20)28)9-13-26(14-10-22)19(27)8-7-16-15-23-11-12-24-16/h3-6,11-12,15,20-21,28H,7-10,13-14H2,1-2H3/t20-,21+/m1/s1. The van der Waals surface area contributed by atoms with E-state index in [2.05, 4.69) is 33.1 Å². The number of carbonyl (C=O) groups is 1. The number of aliphatic hydroxyl groups is 1. The van der Waals surface area contributed by atoms with E-state index >= 15 is 0 Å². The third-order valence-corrected chi connectivity index (χ3v) is 6.46. The van der Waals surface area contributed by atoms with Gasteiger partial charge in [-0.05, 0) is 44.5 Å². The molecule has 2 heterocycles. The van der Waals surface area contributed by atoms with Crippen LogP contribution in [0.25, 0.3) is 0 Å². The molecule has 1 fully saturated rings. The number of fused-ring (bicyclic) bond motifs is 2. The van der Waals surface area contributed by atoms with Gasteiger partial charge in [0.05, 0.1) is 17.8 Å². The molecule has 148 valence electrons. The number of likely N-dealkylation sites (tertiary alicyclic amines) is 1. The Morgan fingerprint density at radius 2 is 2.00 bits per heavy atom. The highest BCUT2D eigenvalue weighted by molar-refractivity contribution is 5.76. The number of hydrogen-bond acceptors (Lipinski definition) is 5. The van der Waals surface area contributed by atoms with Gasteiger partial charge in [-0.3, -0.25) is 14.8 Å². The molecule has 1 aliphatic carbocycles. The van der Waals surface area contributed by atoms with Crippen LogP contribution in [0.3, 0.4) is 0 Å². The zero-order chi connectivity index (χ0) is 19.7. The fourth-order valence-corrected chi connectivity index (χ4v) is 4.97. The molecule has 6 nitrogen and oxygen atoms in total. The van der Waals surface area contributed by atoms with Gasteiger partial charge in [0.15, 0.2) is 0 Å². The van der Waals surface area contributed by atoms with Gasteiger partial charge in [0.1, 0.15) is 0 Å². The summed E-state index contributed by atoms with van der Waals surface area (Å²) in [6, 6.07) is 8.41. The maximum atomic E-state index is 12.7. The number of aromatic nitrogens is 2. The average molecular weight is 380 g/mol. The van der Waals surface area contributed by atoms with Gasteiger partial charge < -0.3 is 14.9 Å². The topological polar surface area (TPSA) is 69.6 Å². The zero-order valence-corrected chi connectivity index (χ0v) is 16.6. The Labute approximate surface area is 166 Å². The Balaban J connectivity index is 1.45. The molecule has 1 aliphatic heterocycles. The molecule has 0 bridgehead atoms. The van der Waals surface area contributed by atoms with Crippen LogP contribution in [0.4, 0.5) is 0 Å². The lowest BCUT2D eigenvalue weighted by Crippen LogP contribution is -2.50. The second-order valence-corrected chi connectivity index (χ2v) is 8.17. The molecule has 1 aromatic carbocycles. The van der Waals surface area contributed by atoms with Crippen molar-refractivity contribution in [2.45, 2.75) is 43.2 Å². The molecule has 28 heavy (non-hydrogen) atoms. The normalized spacial score (nSPS) is 23.2. The number of nitrogens with zero attached hydrogens (tertiary/aromatic N) is 4. The Morgan fingerprint density at radius 3 is 2.68 bits per heavy atom. The average Bonchev–Trinajstić information content (AvgIpc) is 2.96. The van der Waals surface area contributed by atoms with Gasteiger partial charge in [-0.2, -0.15) is 0 Å². The summed E-state index contributed by atoms with van der Waals surface area (Å²) >= 11 is 0. The van der Waals surface area contributed by atoms with Crippen LogP contribution in [0.5, 0.6) is 0 Å². The van der Waals surface area contributed by atoms with Crippen LogP contribution >= 0.6 is 0 Å². The molecule has 2 atom stereocenters. The van der Waals surface area contributed by atoms with Crippen molar-refractivity contribution in [1.82, 2.24) is 19.8 Å². The minimum absolute atomic E-state index is 0.00936. The number of rotatable bonds is 4. The van der Waals surface area contributed by atoms with Crippen molar-refractivity contribution in [2.75, 3.05) is 27.2 Å². The number of carbonyl (C=O) groups excluding carboxylic acids is 1. The first-order valence-electron chi connectivity index (χ1n) is 9.99. The Hall–Kier alpha value is -2.31. The van der Waals surface area contributed by atoms with Crippen LogP contribution in [0.2, 0.25) is 0 Å². The van der Waals surface area contributed by atoms with Gasteiger partial charge >= 0.3 is 0 Å². The van der Waals surface area contributed by atoms with Crippen LogP contribution in [0.15, 0.2) is 42.9 Å². The molecule has 0 unspecified atom stereocenters. The van der Waals surface area contributed by atoms with E-state index in [9.17, 15) is 9.90 Å². The van der Waals surface area contributed by atoms with Gasteiger partial charge in [-0.25, -0.2) is 0 Å². The molecule has 6 heteroatoms. The van der Waals surface area contributed by atoms with E-state index < -0.39 is 6.10 Å². The number of piperidine rings is 1. The second kappa shape index (κ2) is 7.60. The minimum atomic E-state index is -0.447. The summed E-state index contributed by atoms with van der Waals surface area (Å²) in [5.41, 5.74) is 3.07. The number of hydrogen-bond donors (Lipinski definition) is 1. The highest BCUT2D eigenvalue weighted by Crippen LogP contribution is 2.52. The highest BCUT2D eigenvalue weighted by Gasteiger charge is 2.53. The third kappa shape index (κ3) is 3.20. The summed E-state index contributed by atoms with van der Waals surface area (Å²) in [5, 5.41) is 11.3. The van der Waals surface area contributed by atoms with Crippen LogP contribution < -0.4 is 0 Å². The quantitative estimate of drug-likeness (QED) is 0.878. The first kappa shape index (κ1) is 19.0. The van der Waals surface area contributed by atoms with E-state index in [1.165, 1.54) is 11.1 Å². The van der Waals surface area contributed by atoms with Crippen LogP contribution in [-0.2, 0) is 16.6 Å². The van der Waals surface area contributed by atoms with Crippen molar-refractivity contribution in [3.63, 3.8) is 0 Å². The summed E-state index contributed by atoms with van der Waals surface area (Å²) in [5.74, 6) is 0.158. The lowest BCUT2D eigenvalue weighted by atomic mass is 9.72. The Kier molecular flexibility index (Phi) is 5.17. The molecular weight excluding hydrogens is 352 g/mol. The monoisotopic (exact) mass is 380 g/mol. The summed E-state index contributed by atoms with van der Waals surface area (Å²) in [6.07, 6.45) is 7.22. The predicted molar refractivity (Wildman–Crippen MR) is 107 cm³/mol. The van der Waals surface area contributed by atoms with E-state index in [-0.39, 0.29) is 17.4 Å². The largest absolute Gasteiger partial charge is 0.390 e. The number of likely N-dealkylation sites (N-methyl/N-ethyl adjacent to an activating group) is 1. The minimum Gasteiger partial charge on any atom is -0.390 e. The first-order chi connectivity index (χ1) is 13.5. The molecule has 1 saturated heterocycles. The first-order valence-corrected chi connectivity index (χ1v) is 9.99. The number of benzene rings is 1. The van der Waals surface area contributed by atoms with Crippen molar-refractivity contribution < 1.29 is 9.90 Å². The SMILES string of the molecule is CN(C)[C@@H]1c2ccccc2C2(CCN(C(=O)CCc3cnccn3)CC2)[C@H]1O. The lowest BCUT2D eigenvalue weighted by Gasteiger charge is -2.43. The lowest BCUT2D eigenvalue weighted by molar-refractivity contribution is -0.133. The van der Waals surface area contributed by atoms with Gasteiger partial charge in [0.25, 0.3) is 0 Å². The number of amides is 1. The van der Waals surface area contributed by atoms with Crippen molar-refractivity contribution in [2.24, 2.45) is 0 Å². The molecule has 1 aromatic heterocycles. The molecule has 1 spiro atoms. The smallest absolute Gasteiger partial charge is 0.222 e. The number of aryl methyl sites for hydroxylation is 1. The summed E-state index contributed by atoms with van der Waals surface area (Å²) in [6.45, 7) is 1.37. The van der Waals surface area contributed by atoms with Crippen LogP contribution in [-0.4, -0.2) is 64.1 Å². The predicted octanol–water partition coefficient (Wildman–Crippen LogP) is 1.95. The molecule has 1 amide bonds. The summed E-state index contributed by atoms with van der Waals surface area (Å²) in [4.78, 5) is 25.0. The van der Waals surface area contributed by atoms with Gasteiger partial charge in [-0.15, -0.1) is 0 Å². The molecule has 4 rings (SSSR count). The summed E-state index contributed by atoms with van der Waals surface area (Å²) < 4.78 is 0. The molecule has 1 N–H and O–H groups in total. The van der Waals surface area contributed by atoms with Gasteiger partial charge in [0.2, 0.25) is 5.91 Å². The summed E-state index contributed by atoms with van der Waals surface area (Å²) in [7, 11) is 4.05. The Morgan fingerprint density at radius 1 is 1.25 bits per heavy atom. The van der Waals surface area contributed by atoms with Crippen molar-refractivity contribution >= 4 is 5.91 Å². The maximum absolute atomic E-state index is 12.7. The number of aliphatic hydroxyl groups excluding tert-OH is 1. The third-order valence-electron chi connectivity index (χ3n) is 6.46. The molecular formula is C22H28N4O2. The van der Waals surface area contributed by atoms with E-state index in [1.807, 2.05) is 25.1 Å². The zero-order valence-electron chi connectivity index (χ0n) is 16.6. The molecule has 0 radical (unpaired) electrons. The molecule has 0 saturated carbocycles. The second-order valence-electron chi connectivity index (χ2n) is 8.17. The van der Waals surface area contributed by atoms with Gasteiger partial charge in [-0.1, -0.05) is 24.3 Å². The van der Waals surface area contributed by atoms with E-state index in [1.54, 1.807) is 18.6 Å². The van der Waals surface area contributed by atoms with E-state index in [0.717, 1.165) is 18.5 Å². The van der Waals surface area contributed by atoms with Crippen LogP contribution in [0, 0.1) is 0 Å². The fourth-order valence-electron chi connectivity index (χ4n) is 4.97. The fraction of sp³-hybridized carbons (Fsp3) is 0.500. The van der Waals surface area contributed by atoms with Crippen molar-refractivity contribution in [1.29, 1.82) is 0 Å². The maximum Gasteiger partial charge on any atom is 0.222 e. The molecule has 2 aliphatic rings. The van der Waals surface area contributed by atoms with Crippen molar-refractivity contribution in [3.8, 4) is 0 Å². The van der Waals surface area contributed by atoms with Crippen molar-refractivity contribution in [3.05, 3.63) is 59.7 Å². The molecule has 2 aromatic rings. The van der Waals surface area contributed by atoms with Gasteiger partial charge in [0, 0.05) is 43.5 Å². The van der Waals surface area contributed by atoms with Crippen LogP contribution in [0.1, 0.15) is 42.1 Å². The van der Waals surface area contributed by atoms with E-state index in [0.29, 0.717) is 25.9 Å². The van der Waals surface area contributed by atoms with E-state index in [4.69, 9.17) is 0 Å². The Bertz CT molecular complexity index is 831.